The van der Waals surface area contributed by atoms with Crippen molar-refractivity contribution in [2.24, 2.45) is 0 Å². The molecule has 0 unspecified atom stereocenters. The molecule has 1 aromatic rings. The van der Waals surface area contributed by atoms with Crippen LogP contribution in [0.4, 0.5) is 5.69 Å². The van der Waals surface area contributed by atoms with Crippen LogP contribution < -0.4 is 10.6 Å². The van der Waals surface area contributed by atoms with Crippen molar-refractivity contribution in [1.82, 2.24) is 5.32 Å². The van der Waals surface area contributed by atoms with Crippen molar-refractivity contribution in [2.75, 3.05) is 25.5 Å². The van der Waals surface area contributed by atoms with Gasteiger partial charge in [-0.15, -0.1) is 0 Å². The minimum atomic E-state index is -0.384. The molecule has 0 aromatic heterocycles. The molecule has 0 atom stereocenters. The molecule has 130 valence electrons. The van der Waals surface area contributed by atoms with Gasteiger partial charge in [-0.05, 0) is 62.9 Å². The molecule has 0 radical (unpaired) electrons. The number of ether oxygens (including phenoxy) is 1. The highest BCUT2D eigenvalue weighted by Gasteiger charge is 2.07. The molecule has 24 heavy (non-hydrogen) atoms. The maximum Gasteiger partial charge on any atom is 0.337 e. The van der Waals surface area contributed by atoms with Gasteiger partial charge in [0.1, 0.15) is 0 Å². The number of rotatable bonds is 8. The van der Waals surface area contributed by atoms with Gasteiger partial charge in [-0.1, -0.05) is 11.6 Å². The standard InChI is InChI=1S/C19H26N2O3/c1-24-19(23)16-7-9-17(10-8-16)21-18(22)12-14-20-13-11-15-5-3-2-4-6-15/h5,7-10,20H,2-4,6,11-14H2,1H3,(H,21,22). The molecule has 5 heteroatoms. The number of allylic oxidation sites excluding steroid dienone is 1. The van der Waals surface area contributed by atoms with Crippen LogP contribution in [0.25, 0.3) is 0 Å². The van der Waals surface area contributed by atoms with Gasteiger partial charge in [-0.3, -0.25) is 4.79 Å². The molecule has 0 aliphatic heterocycles. The van der Waals surface area contributed by atoms with E-state index in [1.807, 2.05) is 0 Å². The van der Waals surface area contributed by atoms with Gasteiger partial charge in [0.2, 0.25) is 5.91 Å². The largest absolute Gasteiger partial charge is 0.465 e. The maximum absolute atomic E-state index is 11.9. The van der Waals surface area contributed by atoms with Crippen LogP contribution in [0, 0.1) is 0 Å². The Hall–Kier alpha value is -2.14. The third kappa shape index (κ3) is 6.16. The van der Waals surface area contributed by atoms with Crippen LogP contribution in [0.2, 0.25) is 0 Å². The van der Waals surface area contributed by atoms with E-state index in [0.717, 1.165) is 13.0 Å². The number of carbonyl (C=O) groups is 2. The predicted molar refractivity (Wildman–Crippen MR) is 95.1 cm³/mol. The molecule has 0 bridgehead atoms. The fourth-order valence-corrected chi connectivity index (χ4v) is 2.74. The molecule has 1 aromatic carbocycles. The highest BCUT2D eigenvalue weighted by molar-refractivity contribution is 5.93. The molecule has 0 spiro atoms. The zero-order valence-electron chi connectivity index (χ0n) is 14.3. The van der Waals surface area contributed by atoms with E-state index in [9.17, 15) is 9.59 Å². The number of hydrogen-bond acceptors (Lipinski definition) is 4. The van der Waals surface area contributed by atoms with Gasteiger partial charge in [-0.2, -0.15) is 0 Å². The summed E-state index contributed by atoms with van der Waals surface area (Å²) in [6.45, 7) is 1.59. The second-order valence-electron chi connectivity index (χ2n) is 5.98. The minimum absolute atomic E-state index is 0.0369. The van der Waals surface area contributed by atoms with E-state index in [1.165, 1.54) is 32.8 Å². The third-order valence-electron chi connectivity index (χ3n) is 4.13. The van der Waals surface area contributed by atoms with Crippen molar-refractivity contribution in [2.45, 2.75) is 38.5 Å². The zero-order valence-corrected chi connectivity index (χ0v) is 14.3. The Bertz CT molecular complexity index is 579. The van der Waals surface area contributed by atoms with Crippen molar-refractivity contribution < 1.29 is 14.3 Å². The van der Waals surface area contributed by atoms with Crippen LogP contribution in [0.15, 0.2) is 35.9 Å². The van der Waals surface area contributed by atoms with E-state index in [0.29, 0.717) is 24.2 Å². The second-order valence-corrected chi connectivity index (χ2v) is 5.98. The first kappa shape index (κ1) is 18.2. The molecular weight excluding hydrogens is 304 g/mol. The Morgan fingerprint density at radius 1 is 1.12 bits per heavy atom. The summed E-state index contributed by atoms with van der Waals surface area (Å²) >= 11 is 0. The van der Waals surface area contributed by atoms with Crippen molar-refractivity contribution in [3.8, 4) is 0 Å². The summed E-state index contributed by atoms with van der Waals surface area (Å²) in [5.74, 6) is -0.421. The average Bonchev–Trinajstić information content (AvgIpc) is 2.62. The topological polar surface area (TPSA) is 67.4 Å². The SMILES string of the molecule is COC(=O)c1ccc(NC(=O)CCNCCC2=CCCCC2)cc1. The van der Waals surface area contributed by atoms with Gasteiger partial charge in [0.25, 0.3) is 0 Å². The molecule has 5 nitrogen and oxygen atoms in total. The smallest absolute Gasteiger partial charge is 0.337 e. The van der Waals surface area contributed by atoms with Crippen LogP contribution in [0.3, 0.4) is 0 Å². The molecule has 1 aliphatic rings. The van der Waals surface area contributed by atoms with Gasteiger partial charge in [0, 0.05) is 18.7 Å². The van der Waals surface area contributed by atoms with Gasteiger partial charge in [-0.25, -0.2) is 4.79 Å². The fourth-order valence-electron chi connectivity index (χ4n) is 2.74. The summed E-state index contributed by atoms with van der Waals surface area (Å²) in [5.41, 5.74) is 2.69. The van der Waals surface area contributed by atoms with E-state index in [4.69, 9.17) is 0 Å². The zero-order chi connectivity index (χ0) is 17.2. The molecule has 1 amide bonds. The Morgan fingerprint density at radius 2 is 1.92 bits per heavy atom. The van der Waals surface area contributed by atoms with Crippen molar-refractivity contribution in [3.63, 3.8) is 0 Å². The number of methoxy groups -OCH3 is 1. The number of anilines is 1. The highest BCUT2D eigenvalue weighted by Crippen LogP contribution is 2.19. The van der Waals surface area contributed by atoms with Crippen LogP contribution in [0.1, 0.15) is 48.9 Å². The number of amides is 1. The molecule has 0 fully saturated rings. The van der Waals surface area contributed by atoms with Gasteiger partial charge >= 0.3 is 5.97 Å². The van der Waals surface area contributed by atoms with E-state index < -0.39 is 0 Å². The van der Waals surface area contributed by atoms with Crippen LogP contribution >= 0.6 is 0 Å². The van der Waals surface area contributed by atoms with E-state index in [1.54, 1.807) is 29.8 Å². The molecule has 0 saturated carbocycles. The van der Waals surface area contributed by atoms with Crippen LogP contribution in [-0.4, -0.2) is 32.1 Å². The van der Waals surface area contributed by atoms with E-state index in [-0.39, 0.29) is 11.9 Å². The number of esters is 1. The van der Waals surface area contributed by atoms with Crippen LogP contribution in [-0.2, 0) is 9.53 Å². The molecule has 2 N–H and O–H groups in total. The number of benzene rings is 1. The number of carbonyl (C=O) groups excluding carboxylic acids is 2. The Kier molecular flexibility index (Phi) is 7.49. The normalized spacial score (nSPS) is 14.0. The summed E-state index contributed by atoms with van der Waals surface area (Å²) in [7, 11) is 1.34. The molecule has 1 aliphatic carbocycles. The highest BCUT2D eigenvalue weighted by atomic mass is 16.5. The lowest BCUT2D eigenvalue weighted by Crippen LogP contribution is -2.23. The lowest BCUT2D eigenvalue weighted by Gasteiger charge is -2.12. The predicted octanol–water partition coefficient (Wildman–Crippen LogP) is 3.28. The fraction of sp³-hybridized carbons (Fsp3) is 0.474. The molecule has 0 heterocycles. The van der Waals surface area contributed by atoms with E-state index in [2.05, 4.69) is 21.4 Å². The third-order valence-corrected chi connectivity index (χ3v) is 4.13. The second kappa shape index (κ2) is 9.88. The summed E-state index contributed by atoms with van der Waals surface area (Å²) in [5, 5.41) is 6.14. The first-order valence-electron chi connectivity index (χ1n) is 8.56. The first-order chi connectivity index (χ1) is 11.7. The Morgan fingerprint density at radius 3 is 2.58 bits per heavy atom. The lowest BCUT2D eigenvalue weighted by atomic mass is 9.97. The monoisotopic (exact) mass is 330 g/mol. The average molecular weight is 330 g/mol. The minimum Gasteiger partial charge on any atom is -0.465 e. The number of nitrogens with one attached hydrogen (secondary N) is 2. The van der Waals surface area contributed by atoms with Crippen molar-refractivity contribution in [1.29, 1.82) is 0 Å². The first-order valence-corrected chi connectivity index (χ1v) is 8.56. The summed E-state index contributed by atoms with van der Waals surface area (Å²) in [6.07, 6.45) is 8.93. The maximum atomic E-state index is 11.9. The van der Waals surface area contributed by atoms with Gasteiger partial charge < -0.3 is 15.4 Å². The van der Waals surface area contributed by atoms with Crippen LogP contribution in [0.5, 0.6) is 0 Å². The number of hydrogen-bond donors (Lipinski definition) is 2. The quantitative estimate of drug-likeness (QED) is 0.436. The lowest BCUT2D eigenvalue weighted by molar-refractivity contribution is -0.116. The summed E-state index contributed by atoms with van der Waals surface area (Å²) < 4.78 is 4.64. The Labute approximate surface area is 143 Å². The molecular formula is C19H26N2O3. The van der Waals surface area contributed by atoms with E-state index >= 15 is 0 Å². The molecule has 0 saturated heterocycles. The van der Waals surface area contributed by atoms with Crippen molar-refractivity contribution in [3.05, 3.63) is 41.5 Å². The Balaban J connectivity index is 1.62. The van der Waals surface area contributed by atoms with Gasteiger partial charge in [0.15, 0.2) is 0 Å². The molecule has 2 rings (SSSR count). The van der Waals surface area contributed by atoms with Crippen molar-refractivity contribution >= 4 is 17.6 Å². The summed E-state index contributed by atoms with van der Waals surface area (Å²) in [4.78, 5) is 23.2. The summed E-state index contributed by atoms with van der Waals surface area (Å²) in [6, 6.07) is 6.68. The van der Waals surface area contributed by atoms with Gasteiger partial charge in [0.05, 0.1) is 12.7 Å².